The fraction of sp³-hybridized carbons (Fsp3) is 0.143. The summed E-state index contributed by atoms with van der Waals surface area (Å²) in [5, 5.41) is 1.81. The van der Waals surface area contributed by atoms with Crippen LogP contribution in [0, 0.1) is 0 Å². The van der Waals surface area contributed by atoms with Crippen LogP contribution in [0.3, 0.4) is 0 Å². The Balaban J connectivity index is 2.26. The second-order valence-corrected chi connectivity index (χ2v) is 5.41. The molecule has 0 saturated heterocycles. The summed E-state index contributed by atoms with van der Waals surface area (Å²) < 4.78 is 7.23. The molecule has 0 fully saturated rings. The van der Waals surface area contributed by atoms with Gasteiger partial charge in [0, 0.05) is 18.7 Å². The van der Waals surface area contributed by atoms with Crippen LogP contribution in [0.4, 0.5) is 5.69 Å². The Hall–Kier alpha value is -2.18. The summed E-state index contributed by atoms with van der Waals surface area (Å²) in [5.74, 6) is 0. The van der Waals surface area contributed by atoms with Crippen molar-refractivity contribution in [1.82, 2.24) is 9.55 Å². The van der Waals surface area contributed by atoms with Gasteiger partial charge in [-0.3, -0.25) is 4.79 Å². The number of aldehydes is 1. The lowest BCUT2D eigenvalue weighted by atomic mass is 10.2. The van der Waals surface area contributed by atoms with E-state index < -0.39 is 0 Å². The van der Waals surface area contributed by atoms with Crippen molar-refractivity contribution in [3.63, 3.8) is 0 Å². The maximum Gasteiger partial charge on any atom is 0.161 e. The Morgan fingerprint density at radius 3 is 3.05 bits per heavy atom. The van der Waals surface area contributed by atoms with Crippen molar-refractivity contribution in [2.24, 2.45) is 0 Å². The van der Waals surface area contributed by atoms with Crippen molar-refractivity contribution < 1.29 is 9.53 Å². The zero-order valence-electron chi connectivity index (χ0n) is 10.9. The molecule has 0 aliphatic heterocycles. The third-order valence-electron chi connectivity index (χ3n) is 3.07. The average Bonchev–Trinajstić information content (AvgIpc) is 3.04. The lowest BCUT2D eigenvalue weighted by molar-refractivity contribution is 0.112. The minimum absolute atomic E-state index is 0.378. The standard InChI is InChI=1S/C14H13N3O2S/c1-19-8-17-12(14-16-6-10(7-18)20-14)5-9-3-2-4-11(15)13(9)17/h2-7H,8,15H2,1H3. The Kier molecular flexibility index (Phi) is 3.25. The Morgan fingerprint density at radius 1 is 1.50 bits per heavy atom. The van der Waals surface area contributed by atoms with Gasteiger partial charge in [-0.2, -0.15) is 0 Å². The predicted molar refractivity (Wildman–Crippen MR) is 79.9 cm³/mol. The molecule has 0 unspecified atom stereocenters. The van der Waals surface area contributed by atoms with Gasteiger partial charge in [0.1, 0.15) is 11.7 Å². The van der Waals surface area contributed by atoms with Crippen LogP contribution in [0.5, 0.6) is 0 Å². The minimum atomic E-state index is 0.378. The Bertz CT molecular complexity index is 776. The fourth-order valence-electron chi connectivity index (χ4n) is 2.25. The van der Waals surface area contributed by atoms with E-state index in [9.17, 15) is 4.79 Å². The van der Waals surface area contributed by atoms with Crippen LogP contribution >= 0.6 is 11.3 Å². The maximum absolute atomic E-state index is 10.8. The smallest absolute Gasteiger partial charge is 0.161 e. The van der Waals surface area contributed by atoms with E-state index in [1.54, 1.807) is 13.3 Å². The molecule has 102 valence electrons. The molecule has 0 bridgehead atoms. The summed E-state index contributed by atoms with van der Waals surface area (Å²) in [6, 6.07) is 7.78. The molecular formula is C14H13N3O2S. The van der Waals surface area contributed by atoms with Crippen LogP contribution in [-0.2, 0) is 11.5 Å². The molecule has 2 aromatic heterocycles. The normalized spacial score (nSPS) is 11.1. The van der Waals surface area contributed by atoms with Crippen molar-refractivity contribution in [1.29, 1.82) is 0 Å². The molecule has 1 aromatic carbocycles. The van der Waals surface area contributed by atoms with Crippen LogP contribution in [0.25, 0.3) is 21.6 Å². The molecule has 2 heterocycles. The van der Waals surface area contributed by atoms with Gasteiger partial charge in [0.2, 0.25) is 0 Å². The average molecular weight is 287 g/mol. The van der Waals surface area contributed by atoms with Crippen LogP contribution < -0.4 is 5.73 Å². The molecule has 3 aromatic rings. The Morgan fingerprint density at radius 2 is 2.35 bits per heavy atom. The van der Waals surface area contributed by atoms with Crippen LogP contribution in [0.2, 0.25) is 0 Å². The van der Waals surface area contributed by atoms with Gasteiger partial charge in [-0.25, -0.2) is 4.98 Å². The monoisotopic (exact) mass is 287 g/mol. The highest BCUT2D eigenvalue weighted by atomic mass is 32.1. The molecule has 0 radical (unpaired) electrons. The number of hydrogen-bond donors (Lipinski definition) is 1. The molecular weight excluding hydrogens is 274 g/mol. The number of carbonyl (C=O) groups excluding carboxylic acids is 1. The predicted octanol–water partition coefficient (Wildman–Crippen LogP) is 2.76. The number of nitrogens with zero attached hydrogens (tertiary/aromatic N) is 2. The molecule has 0 aliphatic carbocycles. The molecule has 0 saturated carbocycles. The largest absolute Gasteiger partial charge is 0.397 e. The highest BCUT2D eigenvalue weighted by Gasteiger charge is 2.15. The number of ether oxygens (including phenoxy) is 1. The third-order valence-corrected chi connectivity index (χ3v) is 4.01. The van der Waals surface area contributed by atoms with Gasteiger partial charge in [0.25, 0.3) is 0 Å². The second-order valence-electron chi connectivity index (χ2n) is 4.35. The lowest BCUT2D eigenvalue weighted by Crippen LogP contribution is -2.03. The van der Waals surface area contributed by atoms with Gasteiger partial charge in [-0.15, -0.1) is 11.3 Å². The first kappa shape index (κ1) is 12.8. The molecule has 3 rings (SSSR count). The number of anilines is 1. The number of nitrogens with two attached hydrogens (primary N) is 1. The summed E-state index contributed by atoms with van der Waals surface area (Å²) in [4.78, 5) is 15.7. The summed E-state index contributed by atoms with van der Waals surface area (Å²) in [6.45, 7) is 0.378. The van der Waals surface area contributed by atoms with E-state index in [4.69, 9.17) is 10.5 Å². The number of fused-ring (bicyclic) bond motifs is 1. The van der Waals surface area contributed by atoms with Gasteiger partial charge in [0.05, 0.1) is 21.8 Å². The summed E-state index contributed by atoms with van der Waals surface area (Å²) in [7, 11) is 1.63. The van der Waals surface area contributed by atoms with Crippen molar-refractivity contribution in [2.75, 3.05) is 12.8 Å². The SMILES string of the molecule is COCn1c(-c2ncc(C=O)s2)cc2cccc(N)c21. The second kappa shape index (κ2) is 5.07. The van der Waals surface area contributed by atoms with Gasteiger partial charge in [0.15, 0.2) is 6.29 Å². The molecule has 5 nitrogen and oxygen atoms in total. The fourth-order valence-corrected chi connectivity index (χ4v) is 3.01. The number of nitrogen functional groups attached to an aromatic ring is 1. The minimum Gasteiger partial charge on any atom is -0.397 e. The van der Waals surface area contributed by atoms with E-state index in [0.717, 1.165) is 27.9 Å². The number of hydrogen-bond acceptors (Lipinski definition) is 5. The van der Waals surface area contributed by atoms with Crippen LogP contribution in [0.15, 0.2) is 30.5 Å². The highest BCUT2D eigenvalue weighted by molar-refractivity contribution is 7.16. The van der Waals surface area contributed by atoms with E-state index in [1.807, 2.05) is 28.8 Å². The van der Waals surface area contributed by atoms with E-state index in [-0.39, 0.29) is 0 Å². The van der Waals surface area contributed by atoms with Crippen molar-refractivity contribution in [3.05, 3.63) is 35.3 Å². The number of para-hydroxylation sites is 1. The highest BCUT2D eigenvalue weighted by Crippen LogP contribution is 2.33. The van der Waals surface area contributed by atoms with Crippen LogP contribution in [-0.4, -0.2) is 22.9 Å². The van der Waals surface area contributed by atoms with Crippen molar-refractivity contribution >= 4 is 34.2 Å². The van der Waals surface area contributed by atoms with Gasteiger partial charge >= 0.3 is 0 Å². The molecule has 20 heavy (non-hydrogen) atoms. The van der Waals surface area contributed by atoms with Crippen molar-refractivity contribution in [3.8, 4) is 10.7 Å². The number of thiazole rings is 1. The summed E-state index contributed by atoms with van der Waals surface area (Å²) in [6.07, 6.45) is 2.38. The third kappa shape index (κ3) is 1.99. The number of carbonyl (C=O) groups is 1. The first-order valence-electron chi connectivity index (χ1n) is 6.02. The topological polar surface area (TPSA) is 70.1 Å². The zero-order chi connectivity index (χ0) is 14.1. The van der Waals surface area contributed by atoms with Gasteiger partial charge in [-0.1, -0.05) is 12.1 Å². The van der Waals surface area contributed by atoms with Gasteiger partial charge in [-0.05, 0) is 12.1 Å². The van der Waals surface area contributed by atoms with E-state index in [1.165, 1.54) is 11.3 Å². The van der Waals surface area contributed by atoms with E-state index in [0.29, 0.717) is 17.3 Å². The maximum atomic E-state index is 10.8. The Labute approximate surface area is 119 Å². The molecule has 2 N–H and O–H groups in total. The molecule has 0 amide bonds. The summed E-state index contributed by atoms with van der Waals surface area (Å²) >= 11 is 1.35. The molecule has 0 aliphatic rings. The number of aromatic nitrogens is 2. The van der Waals surface area contributed by atoms with Crippen molar-refractivity contribution in [2.45, 2.75) is 6.73 Å². The van der Waals surface area contributed by atoms with E-state index >= 15 is 0 Å². The molecule has 0 atom stereocenters. The van der Waals surface area contributed by atoms with E-state index in [2.05, 4.69) is 4.98 Å². The number of methoxy groups -OCH3 is 1. The molecule has 0 spiro atoms. The zero-order valence-corrected chi connectivity index (χ0v) is 11.7. The quantitative estimate of drug-likeness (QED) is 0.591. The number of benzene rings is 1. The first-order valence-corrected chi connectivity index (χ1v) is 6.84. The number of rotatable bonds is 4. The lowest BCUT2D eigenvalue weighted by Gasteiger charge is -2.09. The molecule has 6 heteroatoms. The van der Waals surface area contributed by atoms with Crippen LogP contribution in [0.1, 0.15) is 9.67 Å². The first-order chi connectivity index (χ1) is 9.74. The van der Waals surface area contributed by atoms with Gasteiger partial charge < -0.3 is 15.0 Å². The summed E-state index contributed by atoms with van der Waals surface area (Å²) in [5.41, 5.74) is 8.58.